The third kappa shape index (κ3) is 3.55. The van der Waals surface area contributed by atoms with Crippen LogP contribution in [0.5, 0.6) is 5.75 Å². The minimum absolute atomic E-state index is 0.129. The third-order valence-electron chi connectivity index (χ3n) is 3.32. The van der Waals surface area contributed by atoms with Gasteiger partial charge in [-0.3, -0.25) is 4.79 Å². The molecule has 1 N–H and O–H groups in total. The number of nitrogens with one attached hydrogen (secondary N) is 1. The monoisotopic (exact) mass is 343 g/mol. The standard InChI is InChI=1S/C17H14ClN3O3/c1-23-14-5-3-2-4-13(14)16-20-15(24-21-16)10-19-17(22)11-6-8-12(18)9-7-11/h2-9H,10H2,1H3,(H,19,22). The van der Waals surface area contributed by atoms with E-state index in [0.29, 0.717) is 28.1 Å². The van der Waals surface area contributed by atoms with E-state index in [-0.39, 0.29) is 12.5 Å². The fourth-order valence-electron chi connectivity index (χ4n) is 2.12. The Morgan fingerprint density at radius 2 is 1.96 bits per heavy atom. The Morgan fingerprint density at radius 1 is 1.21 bits per heavy atom. The molecule has 0 aliphatic rings. The number of para-hydroxylation sites is 1. The zero-order valence-corrected chi connectivity index (χ0v) is 13.6. The number of benzene rings is 2. The molecule has 0 saturated carbocycles. The highest BCUT2D eigenvalue weighted by Gasteiger charge is 2.13. The largest absolute Gasteiger partial charge is 0.496 e. The van der Waals surface area contributed by atoms with Crippen molar-refractivity contribution in [3.63, 3.8) is 0 Å². The lowest BCUT2D eigenvalue weighted by Crippen LogP contribution is -2.22. The highest BCUT2D eigenvalue weighted by Crippen LogP contribution is 2.26. The van der Waals surface area contributed by atoms with Gasteiger partial charge in [-0.2, -0.15) is 4.98 Å². The molecule has 122 valence electrons. The average molecular weight is 344 g/mol. The van der Waals surface area contributed by atoms with Gasteiger partial charge in [0, 0.05) is 10.6 Å². The highest BCUT2D eigenvalue weighted by atomic mass is 35.5. The number of aromatic nitrogens is 2. The number of nitrogens with zero attached hydrogens (tertiary/aromatic N) is 2. The maximum atomic E-state index is 12.0. The van der Waals surface area contributed by atoms with E-state index in [0.717, 1.165) is 5.56 Å². The molecule has 0 aliphatic heterocycles. The number of ether oxygens (including phenoxy) is 1. The van der Waals surface area contributed by atoms with Gasteiger partial charge in [-0.05, 0) is 36.4 Å². The maximum absolute atomic E-state index is 12.0. The number of methoxy groups -OCH3 is 1. The molecule has 1 heterocycles. The Bertz CT molecular complexity index is 846. The lowest BCUT2D eigenvalue weighted by molar-refractivity contribution is 0.0946. The molecule has 1 amide bonds. The van der Waals surface area contributed by atoms with E-state index in [9.17, 15) is 4.79 Å². The average Bonchev–Trinajstić information content (AvgIpc) is 3.09. The van der Waals surface area contributed by atoms with Gasteiger partial charge in [0.25, 0.3) is 5.91 Å². The summed E-state index contributed by atoms with van der Waals surface area (Å²) in [5.74, 6) is 1.11. The summed E-state index contributed by atoms with van der Waals surface area (Å²) in [6.45, 7) is 0.129. The van der Waals surface area contributed by atoms with E-state index in [1.54, 1.807) is 31.4 Å². The first kappa shape index (κ1) is 16.0. The van der Waals surface area contributed by atoms with Gasteiger partial charge in [0.1, 0.15) is 5.75 Å². The summed E-state index contributed by atoms with van der Waals surface area (Å²) in [5.41, 5.74) is 1.22. The summed E-state index contributed by atoms with van der Waals surface area (Å²) in [6, 6.07) is 14.0. The quantitative estimate of drug-likeness (QED) is 0.768. The molecule has 24 heavy (non-hydrogen) atoms. The number of rotatable bonds is 5. The van der Waals surface area contributed by atoms with E-state index < -0.39 is 0 Å². The van der Waals surface area contributed by atoms with Crippen LogP contribution < -0.4 is 10.1 Å². The minimum atomic E-state index is -0.247. The molecule has 0 fully saturated rings. The number of carbonyl (C=O) groups excluding carboxylic acids is 1. The summed E-state index contributed by atoms with van der Waals surface area (Å²) in [5, 5.41) is 7.22. The van der Waals surface area contributed by atoms with Crippen LogP contribution in [0.1, 0.15) is 16.2 Å². The van der Waals surface area contributed by atoms with Crippen LogP contribution in [0.2, 0.25) is 5.02 Å². The van der Waals surface area contributed by atoms with E-state index in [1.807, 2.05) is 24.3 Å². The second kappa shape index (κ2) is 7.14. The van der Waals surface area contributed by atoms with Gasteiger partial charge in [-0.25, -0.2) is 0 Å². The molecule has 0 spiro atoms. The van der Waals surface area contributed by atoms with Gasteiger partial charge >= 0.3 is 0 Å². The number of hydrogen-bond donors (Lipinski definition) is 1. The lowest BCUT2D eigenvalue weighted by Gasteiger charge is -2.03. The smallest absolute Gasteiger partial charge is 0.251 e. The van der Waals surface area contributed by atoms with E-state index in [2.05, 4.69) is 15.5 Å². The fourth-order valence-corrected chi connectivity index (χ4v) is 2.25. The van der Waals surface area contributed by atoms with Gasteiger partial charge in [-0.1, -0.05) is 28.9 Å². The Kier molecular flexibility index (Phi) is 4.77. The van der Waals surface area contributed by atoms with E-state index in [1.165, 1.54) is 0 Å². The molecule has 0 radical (unpaired) electrons. The maximum Gasteiger partial charge on any atom is 0.251 e. The number of halogens is 1. The normalized spacial score (nSPS) is 10.4. The predicted molar refractivity (Wildman–Crippen MR) is 88.9 cm³/mol. The molecule has 0 saturated heterocycles. The third-order valence-corrected chi connectivity index (χ3v) is 3.57. The molecular weight excluding hydrogens is 330 g/mol. The van der Waals surface area contributed by atoms with Crippen molar-refractivity contribution in [1.82, 2.24) is 15.5 Å². The molecule has 1 aromatic heterocycles. The molecule has 3 aromatic rings. The topological polar surface area (TPSA) is 77.3 Å². The Hall–Kier alpha value is -2.86. The van der Waals surface area contributed by atoms with Crippen LogP contribution in [0.4, 0.5) is 0 Å². The Labute approximate surface area is 143 Å². The van der Waals surface area contributed by atoms with Crippen molar-refractivity contribution in [2.75, 3.05) is 7.11 Å². The van der Waals surface area contributed by atoms with Crippen LogP contribution in [-0.4, -0.2) is 23.2 Å². The molecule has 7 heteroatoms. The molecule has 6 nitrogen and oxygen atoms in total. The van der Waals surface area contributed by atoms with Gasteiger partial charge < -0.3 is 14.6 Å². The summed E-state index contributed by atoms with van der Waals surface area (Å²) >= 11 is 5.80. The van der Waals surface area contributed by atoms with Gasteiger partial charge in [0.05, 0.1) is 19.2 Å². The summed E-state index contributed by atoms with van der Waals surface area (Å²) in [6.07, 6.45) is 0. The molecule has 0 unspecified atom stereocenters. The van der Waals surface area contributed by atoms with Crippen LogP contribution in [-0.2, 0) is 6.54 Å². The molecule has 0 bridgehead atoms. The highest BCUT2D eigenvalue weighted by molar-refractivity contribution is 6.30. The van der Waals surface area contributed by atoms with Gasteiger partial charge in [0.2, 0.25) is 11.7 Å². The fraction of sp³-hybridized carbons (Fsp3) is 0.118. The van der Waals surface area contributed by atoms with Crippen LogP contribution in [0.25, 0.3) is 11.4 Å². The number of carbonyl (C=O) groups is 1. The lowest BCUT2D eigenvalue weighted by atomic mass is 10.2. The zero-order chi connectivity index (χ0) is 16.9. The molecule has 0 atom stereocenters. The van der Waals surface area contributed by atoms with Crippen LogP contribution in [0.3, 0.4) is 0 Å². The first-order chi connectivity index (χ1) is 11.7. The summed E-state index contributed by atoms with van der Waals surface area (Å²) in [4.78, 5) is 16.3. The first-order valence-corrected chi connectivity index (χ1v) is 7.55. The van der Waals surface area contributed by atoms with Gasteiger partial charge in [0.15, 0.2) is 0 Å². The zero-order valence-electron chi connectivity index (χ0n) is 12.8. The molecule has 3 rings (SSSR count). The van der Waals surface area contributed by atoms with E-state index >= 15 is 0 Å². The first-order valence-electron chi connectivity index (χ1n) is 7.17. The SMILES string of the molecule is COc1ccccc1-c1noc(CNC(=O)c2ccc(Cl)cc2)n1. The minimum Gasteiger partial charge on any atom is -0.496 e. The number of hydrogen-bond acceptors (Lipinski definition) is 5. The molecule has 2 aromatic carbocycles. The predicted octanol–water partition coefficient (Wildman–Crippen LogP) is 3.33. The summed E-state index contributed by atoms with van der Waals surface area (Å²) < 4.78 is 10.4. The summed E-state index contributed by atoms with van der Waals surface area (Å²) in [7, 11) is 1.58. The van der Waals surface area contributed by atoms with Crippen LogP contribution in [0.15, 0.2) is 53.1 Å². The van der Waals surface area contributed by atoms with Crippen molar-refractivity contribution >= 4 is 17.5 Å². The molecule has 0 aliphatic carbocycles. The van der Waals surface area contributed by atoms with Crippen molar-refractivity contribution in [2.24, 2.45) is 0 Å². The van der Waals surface area contributed by atoms with Crippen LogP contribution >= 0.6 is 11.6 Å². The van der Waals surface area contributed by atoms with Crippen molar-refractivity contribution in [2.45, 2.75) is 6.54 Å². The second-order valence-corrected chi connectivity index (χ2v) is 5.34. The van der Waals surface area contributed by atoms with Crippen LogP contribution in [0, 0.1) is 0 Å². The Morgan fingerprint density at radius 3 is 2.71 bits per heavy atom. The number of amides is 1. The Balaban J connectivity index is 1.68. The molecular formula is C17H14ClN3O3. The van der Waals surface area contributed by atoms with E-state index in [4.69, 9.17) is 20.9 Å². The van der Waals surface area contributed by atoms with Crippen molar-refractivity contribution in [1.29, 1.82) is 0 Å². The second-order valence-electron chi connectivity index (χ2n) is 4.90. The van der Waals surface area contributed by atoms with Crippen molar-refractivity contribution in [3.8, 4) is 17.1 Å². The van der Waals surface area contributed by atoms with Crippen molar-refractivity contribution < 1.29 is 14.1 Å². The van der Waals surface area contributed by atoms with Crippen molar-refractivity contribution in [3.05, 3.63) is 65.0 Å². The van der Waals surface area contributed by atoms with Gasteiger partial charge in [-0.15, -0.1) is 0 Å².